The minimum atomic E-state index is -2.45. The summed E-state index contributed by atoms with van der Waals surface area (Å²) in [5.41, 5.74) is 5.19. The van der Waals surface area contributed by atoms with Gasteiger partial charge in [0.1, 0.15) is 0 Å². The van der Waals surface area contributed by atoms with Crippen LogP contribution in [0.2, 0.25) is 0 Å². The van der Waals surface area contributed by atoms with Crippen molar-refractivity contribution in [1.82, 2.24) is 0 Å². The maximum absolute atomic E-state index is 5.27. The van der Waals surface area contributed by atoms with Gasteiger partial charge in [0.2, 0.25) is 0 Å². The Morgan fingerprint density at radius 2 is 1.64 bits per heavy atom. The highest BCUT2D eigenvalue weighted by atomic mass is 35.8. The highest BCUT2D eigenvalue weighted by Crippen LogP contribution is 2.21. The molecule has 1 aliphatic rings. The largest absolute Gasteiger partial charge is 0.365 e. The molecule has 4 heteroatoms. The van der Waals surface area contributed by atoms with Crippen molar-refractivity contribution >= 4 is 39.2 Å². The Labute approximate surface area is 101 Å². The van der Waals surface area contributed by atoms with Gasteiger partial charge < -0.3 is 0 Å². The first kappa shape index (κ1) is 14.0. The third kappa shape index (κ3) is 5.71. The van der Waals surface area contributed by atoms with Crippen LogP contribution in [0, 0.1) is 0 Å². The van der Waals surface area contributed by atoms with Crippen LogP contribution >= 0.6 is 33.2 Å². The third-order valence-corrected chi connectivity index (χ3v) is 3.69. The van der Waals surface area contributed by atoms with Crippen molar-refractivity contribution in [3.05, 3.63) is 47.7 Å². The highest BCUT2D eigenvalue weighted by Gasteiger charge is 2.17. The number of halogens is 3. The molecule has 0 spiro atoms. The molecule has 0 fully saturated rings. The van der Waals surface area contributed by atoms with E-state index in [9.17, 15) is 0 Å². The van der Waals surface area contributed by atoms with Crippen LogP contribution in [0.5, 0.6) is 0 Å². The highest BCUT2D eigenvalue weighted by molar-refractivity contribution is 7.66. The van der Waals surface area contributed by atoms with Gasteiger partial charge in [-0.2, -0.15) is 0 Å². The second-order valence-electron chi connectivity index (χ2n) is 2.91. The summed E-state index contributed by atoms with van der Waals surface area (Å²) in [5, 5.41) is 0. The smallest absolute Gasteiger partial charge is 0.121 e. The average molecular weight is 268 g/mol. The molecular formula is C10H13Cl3Si. The van der Waals surface area contributed by atoms with Gasteiger partial charge in [0.05, 0.1) is 0 Å². The quantitative estimate of drug-likeness (QED) is 0.472. The van der Waals surface area contributed by atoms with Crippen LogP contribution in [0.4, 0.5) is 0 Å². The molecule has 1 aliphatic carbocycles. The lowest BCUT2D eigenvalue weighted by molar-refractivity contribution is 1.39. The Kier molecular flexibility index (Phi) is 5.83. The predicted molar refractivity (Wildman–Crippen MR) is 70.2 cm³/mol. The molecule has 0 radical (unpaired) electrons. The topological polar surface area (TPSA) is 0 Å². The second kappa shape index (κ2) is 5.81. The molecule has 0 unspecified atom stereocenters. The Morgan fingerprint density at radius 3 is 1.71 bits per heavy atom. The van der Waals surface area contributed by atoms with E-state index >= 15 is 0 Å². The first-order valence-corrected chi connectivity index (χ1v) is 9.14. The zero-order chi connectivity index (χ0) is 11.4. The van der Waals surface area contributed by atoms with Crippen molar-refractivity contribution in [3.8, 4) is 0 Å². The van der Waals surface area contributed by atoms with Crippen molar-refractivity contribution in [3.63, 3.8) is 0 Å². The normalized spacial score (nSPS) is 15.4. The van der Waals surface area contributed by atoms with E-state index in [0.29, 0.717) is 0 Å². The predicted octanol–water partition coefficient (Wildman–Crippen LogP) is 4.82. The second-order valence-corrected chi connectivity index (χ2v) is 11.5. The number of hydrogen-bond donors (Lipinski definition) is 0. The summed E-state index contributed by atoms with van der Waals surface area (Å²) in [6.45, 7) is 11.3. The van der Waals surface area contributed by atoms with Gasteiger partial charge in [-0.1, -0.05) is 24.4 Å². The molecule has 0 saturated carbocycles. The maximum Gasteiger partial charge on any atom is 0.365 e. The van der Waals surface area contributed by atoms with Crippen LogP contribution in [-0.2, 0) is 0 Å². The number of hydrogen-bond acceptors (Lipinski definition) is 0. The van der Waals surface area contributed by atoms with E-state index in [2.05, 4.69) is 33.1 Å². The summed E-state index contributed by atoms with van der Waals surface area (Å²) in [7, 11) is 0. The molecule has 0 aromatic heterocycles. The molecule has 1 rings (SSSR count). The molecule has 0 heterocycles. The Bertz CT molecular complexity index is 291. The van der Waals surface area contributed by atoms with E-state index in [0.717, 1.165) is 5.57 Å². The average Bonchev–Trinajstić information content (AvgIpc) is 2.36. The summed E-state index contributed by atoms with van der Waals surface area (Å²) in [4.78, 5) is 0. The van der Waals surface area contributed by atoms with Crippen molar-refractivity contribution in [1.29, 1.82) is 0 Å². The van der Waals surface area contributed by atoms with Crippen LogP contribution in [0.25, 0.3) is 0 Å². The molecule has 0 amide bonds. The van der Waals surface area contributed by atoms with E-state index < -0.39 is 6.00 Å². The Hall–Kier alpha value is 0.0469. The molecular weight excluding hydrogens is 255 g/mol. The lowest BCUT2D eigenvalue weighted by Crippen LogP contribution is -2.01. The summed E-state index contributed by atoms with van der Waals surface area (Å²) < 4.78 is 0. The minimum absolute atomic E-state index is 1.16. The monoisotopic (exact) mass is 266 g/mol. The first-order chi connectivity index (χ1) is 6.28. The molecule has 0 saturated heterocycles. The van der Waals surface area contributed by atoms with Crippen LogP contribution in [0.1, 0.15) is 13.8 Å². The van der Waals surface area contributed by atoms with Gasteiger partial charge in [0.15, 0.2) is 0 Å². The van der Waals surface area contributed by atoms with Gasteiger partial charge in [0.25, 0.3) is 0 Å². The van der Waals surface area contributed by atoms with Gasteiger partial charge in [-0.3, -0.25) is 0 Å². The molecule has 0 atom stereocenters. The van der Waals surface area contributed by atoms with Crippen LogP contribution < -0.4 is 0 Å². The standard InChI is InChI=1S/C8H10.C2H3Cl3Si/c1-6-4-5-7(2)8(6)3;1-2-6(3,4)5/h4-5H,1H2,2-3H3;2H,1H2. The zero-order valence-corrected chi connectivity index (χ0v) is 11.5. The fourth-order valence-electron chi connectivity index (χ4n) is 0.729. The summed E-state index contributed by atoms with van der Waals surface area (Å²) in [6, 6.07) is -2.45. The maximum atomic E-state index is 5.27. The molecule has 0 aliphatic heterocycles. The summed E-state index contributed by atoms with van der Waals surface area (Å²) >= 11 is 15.8. The SMILES string of the molecule is C=C1C=CC(C)=C1C.C=C[Si](Cl)(Cl)Cl. The van der Waals surface area contributed by atoms with E-state index in [1.54, 1.807) is 0 Å². The van der Waals surface area contributed by atoms with Crippen molar-refractivity contribution in [2.75, 3.05) is 0 Å². The van der Waals surface area contributed by atoms with Crippen molar-refractivity contribution < 1.29 is 0 Å². The molecule has 78 valence electrons. The fraction of sp³-hybridized carbons (Fsp3) is 0.200. The zero-order valence-electron chi connectivity index (χ0n) is 8.28. The molecule has 0 N–H and O–H groups in total. The van der Waals surface area contributed by atoms with Gasteiger partial charge in [-0.25, -0.2) is 0 Å². The van der Waals surface area contributed by atoms with Crippen LogP contribution in [0.3, 0.4) is 0 Å². The van der Waals surface area contributed by atoms with Gasteiger partial charge in [0, 0.05) is 0 Å². The molecule has 0 aromatic rings. The Balaban J connectivity index is 0.000000255. The van der Waals surface area contributed by atoms with Crippen LogP contribution in [-0.4, -0.2) is 6.00 Å². The number of rotatable bonds is 1. The van der Waals surface area contributed by atoms with E-state index in [1.165, 1.54) is 16.8 Å². The third-order valence-electron chi connectivity index (χ3n) is 1.84. The van der Waals surface area contributed by atoms with Gasteiger partial charge in [-0.15, -0.1) is 39.8 Å². The van der Waals surface area contributed by atoms with Crippen molar-refractivity contribution in [2.45, 2.75) is 13.8 Å². The van der Waals surface area contributed by atoms with E-state index in [4.69, 9.17) is 33.2 Å². The molecule has 0 nitrogen and oxygen atoms in total. The minimum Gasteiger partial charge on any atom is -0.121 e. The molecule has 14 heavy (non-hydrogen) atoms. The molecule has 0 aromatic carbocycles. The van der Waals surface area contributed by atoms with E-state index in [-0.39, 0.29) is 0 Å². The van der Waals surface area contributed by atoms with Gasteiger partial charge in [-0.05, 0) is 30.6 Å². The van der Waals surface area contributed by atoms with Crippen molar-refractivity contribution in [2.24, 2.45) is 0 Å². The number of allylic oxidation sites excluding steroid dienone is 5. The summed E-state index contributed by atoms with van der Waals surface area (Å²) in [6.07, 6.45) is 4.14. The lowest BCUT2D eigenvalue weighted by Gasteiger charge is -1.92. The van der Waals surface area contributed by atoms with Gasteiger partial charge >= 0.3 is 6.00 Å². The first-order valence-electron chi connectivity index (χ1n) is 4.03. The van der Waals surface area contributed by atoms with E-state index in [1.807, 2.05) is 6.08 Å². The Morgan fingerprint density at radius 1 is 1.21 bits per heavy atom. The summed E-state index contributed by atoms with van der Waals surface area (Å²) in [5.74, 6) is 0. The lowest BCUT2D eigenvalue weighted by atomic mass is 10.1. The molecule has 0 bridgehead atoms. The van der Waals surface area contributed by atoms with Crippen LogP contribution in [0.15, 0.2) is 47.7 Å². The fourth-order valence-corrected chi connectivity index (χ4v) is 0.729.